The van der Waals surface area contributed by atoms with E-state index in [4.69, 9.17) is 5.11 Å². The quantitative estimate of drug-likeness (QED) is 0.896. The first-order valence-electron chi connectivity index (χ1n) is 6.78. The number of benzene rings is 1. The molecule has 0 unspecified atom stereocenters. The lowest BCUT2D eigenvalue weighted by molar-refractivity contribution is -0.139. The van der Waals surface area contributed by atoms with Crippen LogP contribution in [0, 0.1) is 0 Å². The number of rotatable bonds is 4. The standard InChI is InChI=1S/C15H22N2O2/c1-12-14(10-15(18)19)16(2)8-9-17(12)11-13-6-4-3-5-7-13/h3-7,12,14H,8-11H2,1-2H3,(H,18,19)/t12-,14-/m0/s1. The number of carboxylic acids is 1. The number of piperazine rings is 1. The lowest BCUT2D eigenvalue weighted by atomic mass is 9.99. The maximum atomic E-state index is 11.0. The molecule has 0 bridgehead atoms. The highest BCUT2D eigenvalue weighted by Gasteiger charge is 2.32. The molecule has 0 aromatic heterocycles. The first-order chi connectivity index (χ1) is 9.08. The summed E-state index contributed by atoms with van der Waals surface area (Å²) < 4.78 is 0. The maximum absolute atomic E-state index is 11.0. The lowest BCUT2D eigenvalue weighted by Gasteiger charge is -2.44. The number of aliphatic carboxylic acids is 1. The summed E-state index contributed by atoms with van der Waals surface area (Å²) >= 11 is 0. The monoisotopic (exact) mass is 262 g/mol. The van der Waals surface area contributed by atoms with Crippen LogP contribution in [0.4, 0.5) is 0 Å². The summed E-state index contributed by atoms with van der Waals surface area (Å²) in [6.45, 7) is 4.94. The Morgan fingerprint density at radius 3 is 2.63 bits per heavy atom. The summed E-state index contributed by atoms with van der Waals surface area (Å²) in [7, 11) is 2.02. The van der Waals surface area contributed by atoms with Gasteiger partial charge >= 0.3 is 5.97 Å². The number of hydrogen-bond donors (Lipinski definition) is 1. The van der Waals surface area contributed by atoms with Crippen molar-refractivity contribution in [3.05, 3.63) is 35.9 Å². The Morgan fingerprint density at radius 2 is 2.00 bits per heavy atom. The van der Waals surface area contributed by atoms with Gasteiger partial charge in [-0.25, -0.2) is 0 Å². The first kappa shape index (κ1) is 14.0. The molecule has 0 spiro atoms. The SMILES string of the molecule is C[C@H]1[C@H](CC(=O)O)N(C)CCN1Cc1ccccc1. The zero-order chi connectivity index (χ0) is 13.8. The van der Waals surface area contributed by atoms with Crippen LogP contribution < -0.4 is 0 Å². The molecule has 0 saturated carbocycles. The first-order valence-corrected chi connectivity index (χ1v) is 6.78. The van der Waals surface area contributed by atoms with Crippen molar-refractivity contribution in [2.24, 2.45) is 0 Å². The van der Waals surface area contributed by atoms with Crippen molar-refractivity contribution in [1.82, 2.24) is 9.80 Å². The van der Waals surface area contributed by atoms with Gasteiger partial charge in [-0.05, 0) is 19.5 Å². The van der Waals surface area contributed by atoms with Gasteiger partial charge in [0.1, 0.15) is 0 Å². The van der Waals surface area contributed by atoms with Gasteiger partial charge in [-0.15, -0.1) is 0 Å². The van der Waals surface area contributed by atoms with Gasteiger partial charge in [-0.3, -0.25) is 9.69 Å². The Labute approximate surface area is 114 Å². The van der Waals surface area contributed by atoms with E-state index in [0.717, 1.165) is 19.6 Å². The number of hydrogen-bond acceptors (Lipinski definition) is 3. The van der Waals surface area contributed by atoms with Gasteiger partial charge in [0, 0.05) is 31.7 Å². The summed E-state index contributed by atoms with van der Waals surface area (Å²) in [5, 5.41) is 9.03. The molecule has 1 heterocycles. The van der Waals surface area contributed by atoms with E-state index in [1.807, 2.05) is 25.2 Å². The van der Waals surface area contributed by atoms with E-state index in [0.29, 0.717) is 0 Å². The minimum absolute atomic E-state index is 0.0926. The van der Waals surface area contributed by atoms with Crippen molar-refractivity contribution in [3.63, 3.8) is 0 Å². The molecule has 104 valence electrons. The van der Waals surface area contributed by atoms with Gasteiger partial charge in [0.2, 0.25) is 0 Å². The van der Waals surface area contributed by atoms with E-state index in [1.54, 1.807) is 0 Å². The van der Waals surface area contributed by atoms with Crippen LogP contribution in [0.1, 0.15) is 18.9 Å². The predicted molar refractivity (Wildman–Crippen MR) is 75.0 cm³/mol. The smallest absolute Gasteiger partial charge is 0.304 e. The summed E-state index contributed by atoms with van der Waals surface area (Å²) in [6, 6.07) is 10.7. The van der Waals surface area contributed by atoms with E-state index in [-0.39, 0.29) is 18.5 Å². The van der Waals surface area contributed by atoms with Crippen LogP contribution >= 0.6 is 0 Å². The number of likely N-dealkylation sites (N-methyl/N-ethyl adjacent to an activating group) is 1. The van der Waals surface area contributed by atoms with E-state index < -0.39 is 5.97 Å². The number of carbonyl (C=O) groups is 1. The summed E-state index contributed by atoms with van der Waals surface area (Å²) in [5.74, 6) is -0.717. The molecule has 4 nitrogen and oxygen atoms in total. The molecular formula is C15H22N2O2. The second kappa shape index (κ2) is 6.17. The molecule has 19 heavy (non-hydrogen) atoms. The van der Waals surface area contributed by atoms with E-state index >= 15 is 0 Å². The molecule has 1 aliphatic rings. The fourth-order valence-corrected chi connectivity index (χ4v) is 2.81. The zero-order valence-corrected chi connectivity index (χ0v) is 11.6. The molecule has 4 heteroatoms. The molecule has 1 saturated heterocycles. The number of carboxylic acid groups (broad SMARTS) is 1. The highest BCUT2D eigenvalue weighted by atomic mass is 16.4. The fourth-order valence-electron chi connectivity index (χ4n) is 2.81. The maximum Gasteiger partial charge on any atom is 0.304 e. The molecule has 0 aliphatic carbocycles. The van der Waals surface area contributed by atoms with Crippen LogP contribution in [0.25, 0.3) is 0 Å². The van der Waals surface area contributed by atoms with Gasteiger partial charge in [-0.2, -0.15) is 0 Å². The Balaban J connectivity index is 2.04. The van der Waals surface area contributed by atoms with Crippen molar-refractivity contribution in [2.75, 3.05) is 20.1 Å². The number of nitrogens with zero attached hydrogens (tertiary/aromatic N) is 2. The molecule has 1 N–H and O–H groups in total. The van der Waals surface area contributed by atoms with E-state index in [2.05, 4.69) is 28.9 Å². The molecular weight excluding hydrogens is 240 g/mol. The third-order valence-corrected chi connectivity index (χ3v) is 4.05. The summed E-state index contributed by atoms with van der Waals surface area (Å²) in [5.41, 5.74) is 1.29. The van der Waals surface area contributed by atoms with Crippen molar-refractivity contribution < 1.29 is 9.90 Å². The van der Waals surface area contributed by atoms with Gasteiger partial charge < -0.3 is 10.0 Å². The van der Waals surface area contributed by atoms with Crippen LogP contribution in [-0.2, 0) is 11.3 Å². The fraction of sp³-hybridized carbons (Fsp3) is 0.533. The molecule has 1 fully saturated rings. The summed E-state index contributed by atoms with van der Waals surface area (Å²) in [4.78, 5) is 15.5. The second-order valence-electron chi connectivity index (χ2n) is 5.34. The molecule has 1 aliphatic heterocycles. The Morgan fingerprint density at radius 1 is 1.32 bits per heavy atom. The van der Waals surface area contributed by atoms with Crippen molar-refractivity contribution in [1.29, 1.82) is 0 Å². The van der Waals surface area contributed by atoms with Crippen LogP contribution in [0.15, 0.2) is 30.3 Å². The van der Waals surface area contributed by atoms with Crippen LogP contribution in [0.3, 0.4) is 0 Å². The van der Waals surface area contributed by atoms with Gasteiger partial charge in [0.05, 0.1) is 6.42 Å². The van der Waals surface area contributed by atoms with Crippen LogP contribution in [0.5, 0.6) is 0 Å². The van der Waals surface area contributed by atoms with E-state index in [9.17, 15) is 4.79 Å². The van der Waals surface area contributed by atoms with Gasteiger partial charge in [0.25, 0.3) is 0 Å². The highest BCUT2D eigenvalue weighted by molar-refractivity contribution is 5.67. The minimum Gasteiger partial charge on any atom is -0.481 e. The largest absolute Gasteiger partial charge is 0.481 e. The van der Waals surface area contributed by atoms with Gasteiger partial charge in [-0.1, -0.05) is 30.3 Å². The lowest BCUT2D eigenvalue weighted by Crippen LogP contribution is -2.57. The third-order valence-electron chi connectivity index (χ3n) is 4.05. The topological polar surface area (TPSA) is 43.8 Å². The highest BCUT2D eigenvalue weighted by Crippen LogP contribution is 2.20. The molecule has 2 atom stereocenters. The van der Waals surface area contributed by atoms with E-state index in [1.165, 1.54) is 5.56 Å². The molecule has 0 amide bonds. The predicted octanol–water partition coefficient (Wildman–Crippen LogP) is 1.67. The molecule has 1 aromatic rings. The van der Waals surface area contributed by atoms with Crippen molar-refractivity contribution >= 4 is 5.97 Å². The van der Waals surface area contributed by atoms with Crippen LogP contribution in [0.2, 0.25) is 0 Å². The van der Waals surface area contributed by atoms with Crippen molar-refractivity contribution in [2.45, 2.75) is 32.0 Å². The minimum atomic E-state index is -0.717. The molecule has 1 aromatic carbocycles. The second-order valence-corrected chi connectivity index (χ2v) is 5.34. The Bertz CT molecular complexity index is 421. The Kier molecular flexibility index (Phi) is 4.56. The van der Waals surface area contributed by atoms with Crippen molar-refractivity contribution in [3.8, 4) is 0 Å². The normalized spacial score (nSPS) is 25.4. The molecule has 2 rings (SSSR count). The third kappa shape index (κ3) is 3.55. The average Bonchev–Trinajstić information content (AvgIpc) is 2.39. The van der Waals surface area contributed by atoms with Gasteiger partial charge in [0.15, 0.2) is 0 Å². The zero-order valence-electron chi connectivity index (χ0n) is 11.6. The molecule has 0 radical (unpaired) electrons. The average molecular weight is 262 g/mol. The summed E-state index contributed by atoms with van der Waals surface area (Å²) in [6.07, 6.45) is 0.211. The van der Waals surface area contributed by atoms with Crippen LogP contribution in [-0.4, -0.2) is 53.1 Å². The Hall–Kier alpha value is -1.39.